The number of halogens is 1. The Kier molecular flexibility index (Phi) is 4.38. The summed E-state index contributed by atoms with van der Waals surface area (Å²) in [5, 5.41) is 8.48. The van der Waals surface area contributed by atoms with Crippen LogP contribution in [0.1, 0.15) is 69.3 Å². The van der Waals surface area contributed by atoms with Crippen LogP contribution in [0, 0.1) is 37.0 Å². The van der Waals surface area contributed by atoms with E-state index in [9.17, 15) is 4.79 Å². The van der Waals surface area contributed by atoms with Crippen molar-refractivity contribution in [3.63, 3.8) is 0 Å². The van der Waals surface area contributed by atoms with Gasteiger partial charge >= 0.3 is 0 Å². The maximum absolute atomic E-state index is 12.9. The molecule has 4 aliphatic carbocycles. The molecule has 0 aliphatic heterocycles. The molecule has 1 aromatic heterocycles. The van der Waals surface area contributed by atoms with Crippen LogP contribution in [0.25, 0.3) is 0 Å². The van der Waals surface area contributed by atoms with E-state index in [-0.39, 0.29) is 11.9 Å². The number of nitrogens with one attached hydrogen (secondary N) is 1. The summed E-state index contributed by atoms with van der Waals surface area (Å²) in [6.45, 7) is 6.72. The van der Waals surface area contributed by atoms with Crippen LogP contribution in [-0.2, 0) is 4.79 Å². The van der Waals surface area contributed by atoms with Crippen LogP contribution >= 0.6 is 11.6 Å². The van der Waals surface area contributed by atoms with Crippen molar-refractivity contribution in [2.24, 2.45) is 23.2 Å². The van der Waals surface area contributed by atoms with Crippen molar-refractivity contribution >= 4 is 17.5 Å². The second-order valence-corrected chi connectivity index (χ2v) is 9.37. The monoisotopic (exact) mass is 363 g/mol. The minimum absolute atomic E-state index is 0.0977. The molecule has 1 amide bonds. The van der Waals surface area contributed by atoms with Crippen molar-refractivity contribution in [2.45, 2.75) is 71.8 Å². The number of nitrogens with zero attached hydrogens (tertiary/aromatic N) is 2. The van der Waals surface area contributed by atoms with Gasteiger partial charge < -0.3 is 5.32 Å². The number of carbonyl (C=O) groups excluding carboxylic acids is 1. The Morgan fingerprint density at radius 1 is 1.24 bits per heavy atom. The molecule has 1 atom stereocenters. The molecule has 0 spiro atoms. The van der Waals surface area contributed by atoms with Crippen LogP contribution in [0.3, 0.4) is 0 Å². The van der Waals surface area contributed by atoms with Gasteiger partial charge in [0, 0.05) is 6.54 Å². The molecule has 4 saturated carbocycles. The van der Waals surface area contributed by atoms with Gasteiger partial charge in [0.15, 0.2) is 0 Å². The van der Waals surface area contributed by atoms with E-state index in [2.05, 4.69) is 10.4 Å². The highest BCUT2D eigenvalue weighted by Crippen LogP contribution is 2.59. The van der Waals surface area contributed by atoms with Crippen LogP contribution in [-0.4, -0.2) is 22.2 Å². The number of hydrogen-bond donors (Lipinski definition) is 1. The molecule has 1 unspecified atom stereocenters. The molecule has 5 rings (SSSR count). The van der Waals surface area contributed by atoms with E-state index >= 15 is 0 Å². The lowest BCUT2D eigenvalue weighted by atomic mass is 9.49. The van der Waals surface area contributed by atoms with Gasteiger partial charge in [-0.25, -0.2) is 0 Å². The van der Waals surface area contributed by atoms with Gasteiger partial charge in [0.2, 0.25) is 5.91 Å². The molecule has 5 heteroatoms. The molecule has 1 heterocycles. The second kappa shape index (κ2) is 6.29. The Morgan fingerprint density at radius 3 is 2.24 bits per heavy atom. The van der Waals surface area contributed by atoms with E-state index in [4.69, 9.17) is 11.6 Å². The van der Waals surface area contributed by atoms with Gasteiger partial charge in [0.1, 0.15) is 6.04 Å². The summed E-state index contributed by atoms with van der Waals surface area (Å²) >= 11 is 6.28. The molecule has 4 nitrogen and oxygen atoms in total. The van der Waals surface area contributed by atoms with Crippen molar-refractivity contribution in [3.05, 3.63) is 16.4 Å². The highest BCUT2D eigenvalue weighted by molar-refractivity contribution is 6.31. The molecule has 0 aromatic carbocycles. The Bertz CT molecular complexity index is 645. The van der Waals surface area contributed by atoms with E-state index in [0.717, 1.165) is 42.1 Å². The van der Waals surface area contributed by atoms with E-state index in [0.29, 0.717) is 10.4 Å². The summed E-state index contributed by atoms with van der Waals surface area (Å²) in [5.74, 6) is 2.85. The molecule has 4 fully saturated rings. The van der Waals surface area contributed by atoms with E-state index < -0.39 is 0 Å². The van der Waals surface area contributed by atoms with E-state index in [1.54, 1.807) is 0 Å². The van der Waals surface area contributed by atoms with Gasteiger partial charge in [0.05, 0.1) is 16.4 Å². The molecule has 1 N–H and O–H groups in total. The van der Waals surface area contributed by atoms with Crippen molar-refractivity contribution in [2.75, 3.05) is 6.54 Å². The van der Waals surface area contributed by atoms with Crippen LogP contribution in [0.4, 0.5) is 0 Å². The van der Waals surface area contributed by atoms with Crippen molar-refractivity contribution in [1.29, 1.82) is 0 Å². The minimum atomic E-state index is -0.264. The number of aryl methyl sites for hydroxylation is 1. The molecular weight excluding hydrogens is 334 g/mol. The van der Waals surface area contributed by atoms with Crippen LogP contribution in [0.2, 0.25) is 5.02 Å². The first kappa shape index (κ1) is 17.4. The van der Waals surface area contributed by atoms with Gasteiger partial charge in [0.25, 0.3) is 0 Å². The Balaban J connectivity index is 1.45. The zero-order chi connectivity index (χ0) is 17.8. The number of carbonyl (C=O) groups is 1. The highest BCUT2D eigenvalue weighted by Gasteiger charge is 2.50. The standard InChI is InChI=1S/C20H30ClN3O/c1-4-17(24-13(3)18(21)12(2)23-24)19(25)22-11-20-8-14-5-15(9-20)7-16(6-14)10-20/h14-17H,4-11H2,1-3H3,(H,22,25). The zero-order valence-corrected chi connectivity index (χ0v) is 16.4. The summed E-state index contributed by atoms with van der Waals surface area (Å²) in [5.41, 5.74) is 2.05. The molecular formula is C20H30ClN3O. The third kappa shape index (κ3) is 3.01. The van der Waals surface area contributed by atoms with Gasteiger partial charge in [-0.05, 0) is 82.0 Å². The molecule has 4 aliphatic rings. The van der Waals surface area contributed by atoms with Crippen LogP contribution < -0.4 is 5.32 Å². The fourth-order valence-electron chi connectivity index (χ4n) is 6.31. The molecule has 0 radical (unpaired) electrons. The first-order valence-electron chi connectivity index (χ1n) is 9.89. The quantitative estimate of drug-likeness (QED) is 0.840. The summed E-state index contributed by atoms with van der Waals surface area (Å²) in [6, 6.07) is -0.264. The fourth-order valence-corrected chi connectivity index (χ4v) is 6.44. The Hall–Kier alpha value is -1.03. The molecule has 4 bridgehead atoms. The average Bonchev–Trinajstić information content (AvgIpc) is 2.80. The first-order valence-corrected chi connectivity index (χ1v) is 10.3. The van der Waals surface area contributed by atoms with Crippen molar-refractivity contribution in [3.8, 4) is 0 Å². The lowest BCUT2D eigenvalue weighted by molar-refractivity contribution is -0.126. The summed E-state index contributed by atoms with van der Waals surface area (Å²) in [7, 11) is 0. The first-order chi connectivity index (χ1) is 11.9. The van der Waals surface area contributed by atoms with Crippen LogP contribution in [0.15, 0.2) is 0 Å². The van der Waals surface area contributed by atoms with Crippen molar-refractivity contribution in [1.82, 2.24) is 15.1 Å². The average molecular weight is 364 g/mol. The Labute approximate surface area is 155 Å². The molecule has 25 heavy (non-hydrogen) atoms. The molecule has 0 saturated heterocycles. The third-order valence-electron chi connectivity index (χ3n) is 7.02. The van der Waals surface area contributed by atoms with E-state index in [1.807, 2.05) is 25.5 Å². The normalized spacial score (nSPS) is 34.3. The maximum atomic E-state index is 12.9. The lowest BCUT2D eigenvalue weighted by Crippen LogP contribution is -2.51. The SMILES string of the molecule is CCC(C(=O)NCC12CC3CC(CC(C3)C1)C2)n1nc(C)c(Cl)c1C. The zero-order valence-electron chi connectivity index (χ0n) is 15.6. The fraction of sp³-hybridized carbons (Fsp3) is 0.800. The number of rotatable bonds is 5. The van der Waals surface area contributed by atoms with Crippen LogP contribution in [0.5, 0.6) is 0 Å². The van der Waals surface area contributed by atoms with Gasteiger partial charge in [-0.2, -0.15) is 5.10 Å². The van der Waals surface area contributed by atoms with Crippen molar-refractivity contribution < 1.29 is 4.79 Å². The maximum Gasteiger partial charge on any atom is 0.244 e. The predicted molar refractivity (Wildman–Crippen MR) is 99.7 cm³/mol. The topological polar surface area (TPSA) is 46.9 Å². The molecule has 1 aromatic rings. The predicted octanol–water partition coefficient (Wildman–Crippen LogP) is 4.44. The lowest BCUT2D eigenvalue weighted by Gasteiger charge is -2.57. The minimum Gasteiger partial charge on any atom is -0.354 e. The summed E-state index contributed by atoms with van der Waals surface area (Å²) in [6.07, 6.45) is 9.01. The smallest absolute Gasteiger partial charge is 0.244 e. The summed E-state index contributed by atoms with van der Waals surface area (Å²) < 4.78 is 1.81. The highest BCUT2D eigenvalue weighted by atomic mass is 35.5. The number of hydrogen-bond acceptors (Lipinski definition) is 2. The second-order valence-electron chi connectivity index (χ2n) is 8.99. The molecule has 138 valence electrons. The van der Waals surface area contributed by atoms with E-state index in [1.165, 1.54) is 38.5 Å². The third-order valence-corrected chi connectivity index (χ3v) is 7.57. The van der Waals surface area contributed by atoms with Gasteiger partial charge in [-0.3, -0.25) is 9.48 Å². The summed E-state index contributed by atoms with van der Waals surface area (Å²) in [4.78, 5) is 12.9. The number of amides is 1. The number of aromatic nitrogens is 2. The largest absolute Gasteiger partial charge is 0.354 e. The Morgan fingerprint density at radius 2 is 1.80 bits per heavy atom. The van der Waals surface area contributed by atoms with Gasteiger partial charge in [-0.15, -0.1) is 0 Å². The van der Waals surface area contributed by atoms with Gasteiger partial charge in [-0.1, -0.05) is 18.5 Å².